The van der Waals surface area contributed by atoms with Crippen LogP contribution in [0.25, 0.3) is 0 Å². The summed E-state index contributed by atoms with van der Waals surface area (Å²) in [5.41, 5.74) is -1.35. The lowest BCUT2D eigenvalue weighted by molar-refractivity contribution is 0.0165. The maximum atomic E-state index is 11.6. The Balaban J connectivity index is 2.31. The molecule has 1 saturated carbocycles. The molecule has 0 saturated heterocycles. The molecule has 0 heterocycles. The fourth-order valence-corrected chi connectivity index (χ4v) is 2.66. The molecule has 1 fully saturated rings. The monoisotopic (exact) mass is 271 g/mol. The smallest absolute Gasteiger partial charge is 0.407 e. The Bertz CT molecular complexity index is 288. The maximum Gasteiger partial charge on any atom is 0.407 e. The summed E-state index contributed by atoms with van der Waals surface area (Å²) >= 11 is 0. The highest BCUT2D eigenvalue weighted by Crippen LogP contribution is 2.30. The first-order valence-corrected chi connectivity index (χ1v) is 7.37. The van der Waals surface area contributed by atoms with Crippen LogP contribution in [0.3, 0.4) is 0 Å². The molecular weight excluding hydrogens is 242 g/mol. The van der Waals surface area contributed by atoms with E-state index in [1.807, 2.05) is 20.8 Å². The van der Waals surface area contributed by atoms with Crippen molar-refractivity contribution < 1.29 is 14.6 Å². The molecule has 1 atom stereocenters. The third-order valence-corrected chi connectivity index (χ3v) is 3.47. The SMILES string of the molecule is CC(O)(CNC(=O)OC(C)(C)C)CC1CCCCC1. The highest BCUT2D eigenvalue weighted by Gasteiger charge is 2.27. The highest BCUT2D eigenvalue weighted by molar-refractivity contribution is 5.67. The number of nitrogens with one attached hydrogen (secondary N) is 1. The van der Waals surface area contributed by atoms with E-state index in [-0.39, 0.29) is 6.54 Å². The third kappa shape index (κ3) is 7.41. The van der Waals surface area contributed by atoms with Crippen molar-refractivity contribution >= 4 is 6.09 Å². The van der Waals surface area contributed by atoms with E-state index in [0.717, 1.165) is 6.42 Å². The van der Waals surface area contributed by atoms with Gasteiger partial charge in [0.15, 0.2) is 0 Å². The van der Waals surface area contributed by atoms with Crippen LogP contribution < -0.4 is 5.32 Å². The van der Waals surface area contributed by atoms with Gasteiger partial charge in [0.05, 0.1) is 5.60 Å². The Morgan fingerprint density at radius 2 is 1.79 bits per heavy atom. The number of carbonyl (C=O) groups excluding carboxylic acids is 1. The van der Waals surface area contributed by atoms with Crippen LogP contribution in [0.2, 0.25) is 0 Å². The van der Waals surface area contributed by atoms with Crippen LogP contribution in [0.15, 0.2) is 0 Å². The first-order valence-electron chi connectivity index (χ1n) is 7.37. The molecule has 0 aliphatic heterocycles. The average molecular weight is 271 g/mol. The summed E-state index contributed by atoms with van der Waals surface area (Å²) in [6.07, 6.45) is 6.53. The van der Waals surface area contributed by atoms with Gasteiger partial charge in [0.2, 0.25) is 0 Å². The Morgan fingerprint density at radius 1 is 1.21 bits per heavy atom. The predicted octanol–water partition coefficient (Wildman–Crippen LogP) is 3.23. The van der Waals surface area contributed by atoms with Gasteiger partial charge in [-0.15, -0.1) is 0 Å². The van der Waals surface area contributed by atoms with Crippen LogP contribution in [0.5, 0.6) is 0 Å². The Kier molecular flexibility index (Phi) is 5.65. The zero-order valence-electron chi connectivity index (χ0n) is 12.8. The Morgan fingerprint density at radius 3 is 2.32 bits per heavy atom. The van der Waals surface area contributed by atoms with Gasteiger partial charge in [-0.05, 0) is 40.0 Å². The van der Waals surface area contributed by atoms with Gasteiger partial charge in [-0.25, -0.2) is 4.79 Å². The van der Waals surface area contributed by atoms with E-state index in [4.69, 9.17) is 4.74 Å². The second kappa shape index (κ2) is 6.60. The normalized spacial score (nSPS) is 20.7. The van der Waals surface area contributed by atoms with Crippen LogP contribution in [0, 0.1) is 5.92 Å². The van der Waals surface area contributed by atoms with Crippen LogP contribution in [0.1, 0.15) is 66.2 Å². The van der Waals surface area contributed by atoms with Gasteiger partial charge in [-0.1, -0.05) is 32.1 Å². The quantitative estimate of drug-likeness (QED) is 0.825. The van der Waals surface area contributed by atoms with Gasteiger partial charge < -0.3 is 15.2 Å². The minimum Gasteiger partial charge on any atom is -0.444 e. The number of hydrogen-bond donors (Lipinski definition) is 2. The van der Waals surface area contributed by atoms with Crippen molar-refractivity contribution in [3.8, 4) is 0 Å². The first-order chi connectivity index (χ1) is 8.68. The topological polar surface area (TPSA) is 58.6 Å². The molecule has 0 aromatic carbocycles. The molecule has 1 unspecified atom stereocenters. The molecule has 4 heteroatoms. The number of alkyl carbamates (subject to hydrolysis) is 1. The minimum absolute atomic E-state index is 0.248. The molecule has 0 spiro atoms. The van der Waals surface area contributed by atoms with Gasteiger partial charge in [0.25, 0.3) is 0 Å². The fraction of sp³-hybridized carbons (Fsp3) is 0.933. The average Bonchev–Trinajstić information content (AvgIpc) is 2.25. The van der Waals surface area contributed by atoms with Crippen molar-refractivity contribution in [2.24, 2.45) is 5.92 Å². The molecule has 112 valence electrons. The van der Waals surface area contributed by atoms with Crippen molar-refractivity contribution in [3.05, 3.63) is 0 Å². The van der Waals surface area contributed by atoms with Gasteiger partial charge in [0.1, 0.15) is 5.60 Å². The number of aliphatic hydroxyl groups is 1. The summed E-state index contributed by atoms with van der Waals surface area (Å²) in [6, 6.07) is 0. The van der Waals surface area contributed by atoms with Crippen molar-refractivity contribution in [1.82, 2.24) is 5.32 Å². The highest BCUT2D eigenvalue weighted by atomic mass is 16.6. The lowest BCUT2D eigenvalue weighted by Crippen LogP contribution is -2.43. The molecule has 4 nitrogen and oxygen atoms in total. The van der Waals surface area contributed by atoms with Gasteiger partial charge in [-0.3, -0.25) is 0 Å². The van der Waals surface area contributed by atoms with Crippen molar-refractivity contribution in [3.63, 3.8) is 0 Å². The Hall–Kier alpha value is -0.770. The first kappa shape index (κ1) is 16.3. The summed E-state index contributed by atoms with van der Waals surface area (Å²) in [5, 5.41) is 13.0. The van der Waals surface area contributed by atoms with Gasteiger partial charge in [-0.2, -0.15) is 0 Å². The van der Waals surface area contributed by atoms with E-state index in [1.54, 1.807) is 6.92 Å². The second-order valence-electron chi connectivity index (χ2n) is 7.06. The predicted molar refractivity (Wildman–Crippen MR) is 76.1 cm³/mol. The lowest BCUT2D eigenvalue weighted by Gasteiger charge is -2.31. The fourth-order valence-electron chi connectivity index (χ4n) is 2.66. The van der Waals surface area contributed by atoms with Gasteiger partial charge in [0, 0.05) is 6.54 Å². The number of hydrogen-bond acceptors (Lipinski definition) is 3. The zero-order valence-corrected chi connectivity index (χ0v) is 12.8. The van der Waals surface area contributed by atoms with Crippen LogP contribution in [0.4, 0.5) is 4.79 Å². The molecule has 1 amide bonds. The van der Waals surface area contributed by atoms with Crippen LogP contribution >= 0.6 is 0 Å². The van der Waals surface area contributed by atoms with Crippen molar-refractivity contribution in [2.75, 3.05) is 6.54 Å². The molecule has 0 aromatic heterocycles. The van der Waals surface area contributed by atoms with Crippen molar-refractivity contribution in [2.45, 2.75) is 77.4 Å². The van der Waals surface area contributed by atoms with Gasteiger partial charge >= 0.3 is 6.09 Å². The summed E-state index contributed by atoms with van der Waals surface area (Å²) < 4.78 is 5.16. The summed E-state index contributed by atoms with van der Waals surface area (Å²) in [4.78, 5) is 11.6. The molecule has 1 rings (SSSR count). The third-order valence-electron chi connectivity index (χ3n) is 3.47. The molecule has 0 aromatic rings. The number of rotatable bonds is 4. The van der Waals surface area contributed by atoms with E-state index in [2.05, 4.69) is 5.32 Å². The number of amides is 1. The van der Waals surface area contributed by atoms with E-state index < -0.39 is 17.3 Å². The maximum absolute atomic E-state index is 11.6. The molecule has 2 N–H and O–H groups in total. The largest absolute Gasteiger partial charge is 0.444 e. The van der Waals surface area contributed by atoms with E-state index >= 15 is 0 Å². The molecule has 1 aliphatic rings. The van der Waals surface area contributed by atoms with Crippen molar-refractivity contribution in [1.29, 1.82) is 0 Å². The lowest BCUT2D eigenvalue weighted by atomic mass is 9.81. The molecule has 19 heavy (non-hydrogen) atoms. The minimum atomic E-state index is -0.848. The molecule has 0 radical (unpaired) electrons. The van der Waals surface area contributed by atoms with E-state index in [0.29, 0.717) is 5.92 Å². The van der Waals surface area contributed by atoms with E-state index in [1.165, 1.54) is 32.1 Å². The zero-order chi connectivity index (χ0) is 14.5. The van der Waals surface area contributed by atoms with E-state index in [9.17, 15) is 9.90 Å². The summed E-state index contributed by atoms with van der Waals surface area (Å²) in [7, 11) is 0. The molecule has 0 bridgehead atoms. The number of carbonyl (C=O) groups is 1. The summed E-state index contributed by atoms with van der Waals surface area (Å²) in [5.74, 6) is 0.587. The Labute approximate surface area is 116 Å². The molecular formula is C15H29NO3. The molecule has 1 aliphatic carbocycles. The summed E-state index contributed by atoms with van der Waals surface area (Å²) in [6.45, 7) is 7.52. The second-order valence-corrected chi connectivity index (χ2v) is 7.06. The number of ether oxygens (including phenoxy) is 1. The van der Waals surface area contributed by atoms with Crippen LogP contribution in [-0.4, -0.2) is 28.9 Å². The standard InChI is InChI=1S/C15H29NO3/c1-14(2,3)19-13(17)16-11-15(4,18)10-12-8-6-5-7-9-12/h12,18H,5-11H2,1-4H3,(H,16,17). The van der Waals surface area contributed by atoms with Crippen LogP contribution in [-0.2, 0) is 4.74 Å².